The molecule has 0 aliphatic carbocycles. The van der Waals surface area contributed by atoms with Gasteiger partial charge in [0.15, 0.2) is 5.82 Å². The van der Waals surface area contributed by atoms with Crippen LogP contribution in [0.4, 0.5) is 0 Å². The summed E-state index contributed by atoms with van der Waals surface area (Å²) in [5.41, 5.74) is 12.0. The highest BCUT2D eigenvalue weighted by Crippen LogP contribution is 2.45. The summed E-state index contributed by atoms with van der Waals surface area (Å²) in [7, 11) is 0. The minimum Gasteiger partial charge on any atom is -0.247 e. The predicted octanol–water partition coefficient (Wildman–Crippen LogP) is 14.5. The molecule has 3 heteroatoms. The van der Waals surface area contributed by atoms with Gasteiger partial charge in [-0.3, -0.25) is 0 Å². The van der Waals surface area contributed by atoms with Gasteiger partial charge in [0, 0.05) is 44.0 Å². The number of aromatic nitrogens is 3. The quantitative estimate of drug-likeness (QED) is 0.160. The molecule has 0 atom stereocenters. The molecule has 3 nitrogen and oxygen atoms in total. The molecule has 0 radical (unpaired) electrons. The molecule has 0 saturated carbocycles. The molecule has 11 rings (SSSR count). The Balaban J connectivity index is 1.18. The molecule has 0 spiro atoms. The molecule has 2 aromatic heterocycles. The summed E-state index contributed by atoms with van der Waals surface area (Å²) in [6.45, 7) is 0. The molecule has 9 aromatic carbocycles. The summed E-state index contributed by atoms with van der Waals surface area (Å²) in [5, 5.41) is 8.41. The van der Waals surface area contributed by atoms with E-state index >= 15 is 0 Å². The SMILES string of the molecule is c1ccc(-c2ccc(-c3nc(-c4ccccc4)c(-c4cccc(-c5nc6ccccc6c6c7ccccc7c7ccccc7c56)c4)c(-c4ccccc4)n3)cc2)cc1. The van der Waals surface area contributed by atoms with Crippen LogP contribution >= 0.6 is 0 Å². The van der Waals surface area contributed by atoms with Crippen molar-refractivity contribution in [3.63, 3.8) is 0 Å². The highest BCUT2D eigenvalue weighted by Gasteiger charge is 2.22. The molecule has 2 heterocycles. The third kappa shape index (κ3) is 5.72. The topological polar surface area (TPSA) is 38.7 Å². The molecule has 270 valence electrons. The van der Waals surface area contributed by atoms with Crippen LogP contribution in [-0.2, 0) is 0 Å². The van der Waals surface area contributed by atoms with Gasteiger partial charge in [0.25, 0.3) is 0 Å². The Morgan fingerprint density at radius 3 is 1.28 bits per heavy atom. The second kappa shape index (κ2) is 14.1. The first-order chi connectivity index (χ1) is 28.8. The van der Waals surface area contributed by atoms with Crippen LogP contribution in [0.25, 0.3) is 111 Å². The molecule has 0 unspecified atom stereocenters. The Morgan fingerprint density at radius 2 is 0.672 bits per heavy atom. The minimum absolute atomic E-state index is 0.678. The van der Waals surface area contributed by atoms with Gasteiger partial charge in [-0.15, -0.1) is 0 Å². The van der Waals surface area contributed by atoms with Crippen LogP contribution in [0.2, 0.25) is 0 Å². The van der Waals surface area contributed by atoms with Crippen LogP contribution in [0, 0.1) is 0 Å². The van der Waals surface area contributed by atoms with Crippen molar-refractivity contribution in [3.05, 3.63) is 212 Å². The second-order valence-corrected chi connectivity index (χ2v) is 14.7. The maximum atomic E-state index is 5.48. The molecule has 0 aliphatic heterocycles. The van der Waals surface area contributed by atoms with E-state index in [1.165, 1.54) is 32.5 Å². The van der Waals surface area contributed by atoms with Gasteiger partial charge in [-0.25, -0.2) is 15.0 Å². The summed E-state index contributed by atoms with van der Waals surface area (Å²) in [4.78, 5) is 16.3. The normalized spacial score (nSPS) is 11.4. The Bertz CT molecular complexity index is 3240. The van der Waals surface area contributed by atoms with Crippen molar-refractivity contribution >= 4 is 43.2 Å². The van der Waals surface area contributed by atoms with Crippen molar-refractivity contribution in [2.75, 3.05) is 0 Å². The number of hydrogen-bond donors (Lipinski definition) is 0. The average molecular weight is 738 g/mol. The number of nitrogens with zero attached hydrogens (tertiary/aromatic N) is 3. The number of rotatable bonds is 6. The lowest BCUT2D eigenvalue weighted by Crippen LogP contribution is -2.01. The van der Waals surface area contributed by atoms with Crippen molar-refractivity contribution in [2.45, 2.75) is 0 Å². The van der Waals surface area contributed by atoms with E-state index in [1.54, 1.807) is 0 Å². The number of pyridine rings is 1. The van der Waals surface area contributed by atoms with E-state index in [9.17, 15) is 0 Å². The zero-order valence-corrected chi connectivity index (χ0v) is 31.5. The fraction of sp³-hybridized carbons (Fsp3) is 0. The largest absolute Gasteiger partial charge is 0.247 e. The lowest BCUT2D eigenvalue weighted by atomic mass is 9.88. The van der Waals surface area contributed by atoms with E-state index in [0.717, 1.165) is 72.3 Å². The summed E-state index contributed by atoms with van der Waals surface area (Å²) in [6, 6.07) is 74.9. The Labute approximate surface area is 336 Å². The summed E-state index contributed by atoms with van der Waals surface area (Å²) in [5.74, 6) is 0.678. The molecule has 0 bridgehead atoms. The number of hydrogen-bond acceptors (Lipinski definition) is 3. The highest BCUT2D eigenvalue weighted by molar-refractivity contribution is 6.33. The zero-order chi connectivity index (χ0) is 38.4. The standard InChI is InChI=1S/C55H35N3/c1-4-17-36(18-5-1)37-31-33-40(34-32-37)55-57-52(38-19-6-2-7-20-38)49(53(58-55)39-21-8-3-9-22-39)41-23-16-24-42(35-41)54-51-46-28-13-11-26-44(46)43-25-10-12-27-45(43)50(51)47-29-14-15-30-48(47)56-54/h1-35H. The van der Waals surface area contributed by atoms with Gasteiger partial charge < -0.3 is 0 Å². The molecule has 0 saturated heterocycles. The molecular formula is C55H35N3. The van der Waals surface area contributed by atoms with Crippen molar-refractivity contribution < 1.29 is 0 Å². The lowest BCUT2D eigenvalue weighted by molar-refractivity contribution is 1.18. The molecule has 11 aromatic rings. The monoisotopic (exact) mass is 737 g/mol. The van der Waals surface area contributed by atoms with E-state index in [4.69, 9.17) is 15.0 Å². The highest BCUT2D eigenvalue weighted by atomic mass is 14.9. The molecule has 0 N–H and O–H groups in total. The van der Waals surface area contributed by atoms with Gasteiger partial charge in [0.05, 0.1) is 22.6 Å². The maximum absolute atomic E-state index is 5.48. The molecule has 0 fully saturated rings. The van der Waals surface area contributed by atoms with Crippen molar-refractivity contribution in [2.24, 2.45) is 0 Å². The fourth-order valence-electron chi connectivity index (χ4n) is 8.57. The first-order valence-corrected chi connectivity index (χ1v) is 19.7. The van der Waals surface area contributed by atoms with E-state index in [1.807, 2.05) is 6.07 Å². The smallest absolute Gasteiger partial charge is 0.160 e. The Kier molecular flexibility index (Phi) is 8.15. The average Bonchev–Trinajstić information content (AvgIpc) is 3.31. The van der Waals surface area contributed by atoms with Gasteiger partial charge in [-0.05, 0) is 50.4 Å². The molecule has 0 amide bonds. The van der Waals surface area contributed by atoms with E-state index in [0.29, 0.717) is 5.82 Å². The van der Waals surface area contributed by atoms with Gasteiger partial charge >= 0.3 is 0 Å². The number of fused-ring (bicyclic) bond motifs is 8. The van der Waals surface area contributed by atoms with Gasteiger partial charge in [0.1, 0.15) is 0 Å². The molecule has 58 heavy (non-hydrogen) atoms. The number of benzene rings is 9. The summed E-state index contributed by atoms with van der Waals surface area (Å²) >= 11 is 0. The van der Waals surface area contributed by atoms with Crippen LogP contribution in [0.1, 0.15) is 0 Å². The predicted molar refractivity (Wildman–Crippen MR) is 242 cm³/mol. The minimum atomic E-state index is 0.678. The van der Waals surface area contributed by atoms with Crippen molar-refractivity contribution in [1.82, 2.24) is 15.0 Å². The van der Waals surface area contributed by atoms with Gasteiger partial charge in [-0.1, -0.05) is 200 Å². The Morgan fingerprint density at radius 1 is 0.241 bits per heavy atom. The second-order valence-electron chi connectivity index (χ2n) is 14.7. The van der Waals surface area contributed by atoms with Crippen molar-refractivity contribution in [3.8, 4) is 67.4 Å². The van der Waals surface area contributed by atoms with E-state index in [2.05, 4.69) is 206 Å². The van der Waals surface area contributed by atoms with Gasteiger partial charge in [0.2, 0.25) is 0 Å². The zero-order valence-electron chi connectivity index (χ0n) is 31.5. The first-order valence-electron chi connectivity index (χ1n) is 19.7. The third-order valence-electron chi connectivity index (χ3n) is 11.3. The van der Waals surface area contributed by atoms with Crippen molar-refractivity contribution in [1.29, 1.82) is 0 Å². The maximum Gasteiger partial charge on any atom is 0.160 e. The van der Waals surface area contributed by atoms with Gasteiger partial charge in [-0.2, -0.15) is 0 Å². The van der Waals surface area contributed by atoms with Crippen LogP contribution in [0.3, 0.4) is 0 Å². The lowest BCUT2D eigenvalue weighted by Gasteiger charge is -2.19. The van der Waals surface area contributed by atoms with Crippen LogP contribution in [-0.4, -0.2) is 15.0 Å². The number of para-hydroxylation sites is 1. The van der Waals surface area contributed by atoms with Crippen LogP contribution < -0.4 is 0 Å². The van der Waals surface area contributed by atoms with Crippen LogP contribution in [0.5, 0.6) is 0 Å². The molecular weight excluding hydrogens is 703 g/mol. The van der Waals surface area contributed by atoms with E-state index < -0.39 is 0 Å². The van der Waals surface area contributed by atoms with E-state index in [-0.39, 0.29) is 0 Å². The fourth-order valence-corrected chi connectivity index (χ4v) is 8.57. The van der Waals surface area contributed by atoms with Crippen LogP contribution in [0.15, 0.2) is 212 Å². The summed E-state index contributed by atoms with van der Waals surface area (Å²) < 4.78 is 0. The molecule has 0 aliphatic rings. The third-order valence-corrected chi connectivity index (χ3v) is 11.3. The summed E-state index contributed by atoms with van der Waals surface area (Å²) in [6.07, 6.45) is 0. The Hall–Kier alpha value is -7.75. The first kappa shape index (κ1) is 33.6.